The van der Waals surface area contributed by atoms with E-state index in [1.54, 1.807) is 27.7 Å². The maximum absolute atomic E-state index is 13.9. The van der Waals surface area contributed by atoms with Gasteiger partial charge >= 0.3 is 0 Å². The third-order valence-electron chi connectivity index (χ3n) is 12.8. The lowest BCUT2D eigenvalue weighted by Gasteiger charge is -2.62. The number of carbonyl (C=O) groups excluding carboxylic acids is 1. The highest BCUT2D eigenvalue weighted by Gasteiger charge is 2.70. The third kappa shape index (κ3) is 5.43. The van der Waals surface area contributed by atoms with Crippen molar-refractivity contribution in [3.8, 4) is 0 Å². The van der Waals surface area contributed by atoms with Crippen molar-refractivity contribution in [1.29, 1.82) is 0 Å². The van der Waals surface area contributed by atoms with E-state index < -0.39 is 107 Å². The van der Waals surface area contributed by atoms with Crippen LogP contribution in [0.2, 0.25) is 0 Å². The van der Waals surface area contributed by atoms with Crippen molar-refractivity contribution in [2.75, 3.05) is 6.61 Å². The van der Waals surface area contributed by atoms with Gasteiger partial charge in [0.1, 0.15) is 30.5 Å². The molecule has 0 amide bonds. The minimum absolute atomic E-state index is 0.0662. The van der Waals surface area contributed by atoms with Crippen LogP contribution in [-0.4, -0.2) is 135 Å². The van der Waals surface area contributed by atoms with E-state index in [9.17, 15) is 55.9 Å². The zero-order valence-corrected chi connectivity index (χ0v) is 27.4. The monoisotopic (exact) mass is 658 g/mol. The van der Waals surface area contributed by atoms with Gasteiger partial charge < -0.3 is 60.5 Å². The quantitative estimate of drug-likeness (QED) is 0.145. The molecule has 5 rings (SSSR count). The van der Waals surface area contributed by atoms with Crippen LogP contribution in [0, 0.1) is 28.6 Å². The number of rotatable bonds is 8. The first-order chi connectivity index (χ1) is 21.1. The van der Waals surface area contributed by atoms with Crippen LogP contribution in [0.25, 0.3) is 0 Å². The Morgan fingerprint density at radius 1 is 0.978 bits per heavy atom. The molecular formula is C33H54O13. The normalized spacial score (nSPS) is 49.8. The summed E-state index contributed by atoms with van der Waals surface area (Å²) in [4.78, 5) is 13.9. The van der Waals surface area contributed by atoms with Crippen LogP contribution in [0.5, 0.6) is 0 Å². The van der Waals surface area contributed by atoms with Crippen LogP contribution in [-0.2, 0) is 14.3 Å². The van der Waals surface area contributed by atoms with Gasteiger partial charge in [0.15, 0.2) is 12.1 Å². The third-order valence-corrected chi connectivity index (χ3v) is 12.8. The highest BCUT2D eigenvalue weighted by Crippen LogP contribution is 2.68. The molecule has 0 aromatic rings. The van der Waals surface area contributed by atoms with Gasteiger partial charge in [-0.25, -0.2) is 0 Å². The standard InChI is InChI=1S/C33H54O13/c1-29(2,42)9-8-22(36)32(5,43)21-7-11-33(44)16-12-18(35)17-13-19(45-28-26(40)25(39)23(37)20(14-34)46-28)24(38)27(41)31(17,4)15(16)6-10-30(21,33)3/h12,15,17,19-28,34,36-44H,6-11,13-14H2,1-5H3/t15-,17+,19+,20+,21-,22+,23+,24+,25-,26+,27-,28+,30+,31+,32+,33+/m0/s1. The predicted octanol–water partition coefficient (Wildman–Crippen LogP) is -1.35. The average molecular weight is 659 g/mol. The van der Waals surface area contributed by atoms with Crippen molar-refractivity contribution in [3.05, 3.63) is 11.6 Å². The molecule has 13 heteroatoms. The van der Waals surface area contributed by atoms with Crippen molar-refractivity contribution >= 4 is 5.78 Å². The maximum Gasteiger partial charge on any atom is 0.187 e. The SMILES string of the molecule is CC(C)(O)CC[C@@H](O)[C@](C)(O)[C@H]1CC[C@@]2(O)C3=CC(=O)[C@H]4C[C@@H](O[C@@H]5O[C@H](CO)[C@@H](O)[C@H](O)[C@H]5O)[C@@H](O)[C@H](O)[C@]4(C)[C@H]3CC[C@]12C. The Balaban J connectivity index is 1.41. The summed E-state index contributed by atoms with van der Waals surface area (Å²) in [6, 6.07) is 0. The maximum atomic E-state index is 13.9. The van der Waals surface area contributed by atoms with Crippen molar-refractivity contribution in [2.24, 2.45) is 28.6 Å². The van der Waals surface area contributed by atoms with E-state index in [0.29, 0.717) is 24.8 Å². The number of hydrogen-bond acceptors (Lipinski definition) is 13. The Kier molecular flexibility index (Phi) is 9.50. The zero-order valence-electron chi connectivity index (χ0n) is 27.4. The molecule has 0 unspecified atom stereocenters. The summed E-state index contributed by atoms with van der Waals surface area (Å²) in [6.45, 7) is 7.74. The molecule has 10 N–H and O–H groups in total. The zero-order chi connectivity index (χ0) is 34.4. The van der Waals surface area contributed by atoms with E-state index >= 15 is 0 Å². The number of ketones is 1. The molecule has 1 heterocycles. The molecule has 1 aliphatic heterocycles. The minimum atomic E-state index is -1.73. The van der Waals surface area contributed by atoms with Crippen LogP contribution in [0.4, 0.5) is 0 Å². The van der Waals surface area contributed by atoms with Crippen LogP contribution >= 0.6 is 0 Å². The molecule has 46 heavy (non-hydrogen) atoms. The highest BCUT2D eigenvalue weighted by molar-refractivity contribution is 5.95. The fraction of sp³-hybridized carbons (Fsp3) is 0.909. The molecule has 0 bridgehead atoms. The lowest BCUT2D eigenvalue weighted by atomic mass is 9.45. The van der Waals surface area contributed by atoms with Gasteiger partial charge in [-0.2, -0.15) is 0 Å². The van der Waals surface area contributed by atoms with Gasteiger partial charge in [-0.3, -0.25) is 4.79 Å². The molecule has 4 aliphatic carbocycles. The molecule has 3 saturated carbocycles. The Bertz CT molecular complexity index is 1180. The number of allylic oxidation sites excluding steroid dienone is 1. The average Bonchev–Trinajstić information content (AvgIpc) is 3.27. The first-order valence-electron chi connectivity index (χ1n) is 16.6. The van der Waals surface area contributed by atoms with Crippen LogP contribution in [0.15, 0.2) is 11.6 Å². The summed E-state index contributed by atoms with van der Waals surface area (Å²) in [5.41, 5.74) is -5.84. The number of ether oxygens (including phenoxy) is 2. The fourth-order valence-corrected chi connectivity index (χ4v) is 9.82. The molecule has 16 atom stereocenters. The van der Waals surface area contributed by atoms with Gasteiger partial charge in [0, 0.05) is 16.7 Å². The van der Waals surface area contributed by atoms with E-state index in [0.717, 1.165) is 0 Å². The van der Waals surface area contributed by atoms with Crippen LogP contribution in [0.3, 0.4) is 0 Å². The Morgan fingerprint density at radius 2 is 1.63 bits per heavy atom. The van der Waals surface area contributed by atoms with E-state index in [-0.39, 0.29) is 31.5 Å². The second-order valence-electron chi connectivity index (χ2n) is 16.0. The van der Waals surface area contributed by atoms with Gasteiger partial charge in [-0.1, -0.05) is 13.8 Å². The molecule has 4 fully saturated rings. The second-order valence-corrected chi connectivity index (χ2v) is 16.0. The van der Waals surface area contributed by atoms with Crippen molar-refractivity contribution in [3.63, 3.8) is 0 Å². The topological polar surface area (TPSA) is 238 Å². The smallest absolute Gasteiger partial charge is 0.187 e. The van der Waals surface area contributed by atoms with Gasteiger partial charge in [0.2, 0.25) is 0 Å². The summed E-state index contributed by atoms with van der Waals surface area (Å²) < 4.78 is 11.3. The van der Waals surface area contributed by atoms with E-state index in [4.69, 9.17) is 9.47 Å². The van der Waals surface area contributed by atoms with Gasteiger partial charge in [-0.15, -0.1) is 0 Å². The number of aliphatic hydroxyl groups is 10. The second kappa shape index (κ2) is 12.1. The number of hydrogen-bond donors (Lipinski definition) is 10. The molecule has 1 saturated heterocycles. The number of fused-ring (bicyclic) bond motifs is 5. The predicted molar refractivity (Wildman–Crippen MR) is 161 cm³/mol. The summed E-state index contributed by atoms with van der Waals surface area (Å²) in [5, 5.41) is 109. The largest absolute Gasteiger partial charge is 0.394 e. The van der Waals surface area contributed by atoms with Gasteiger partial charge in [0.05, 0.1) is 41.7 Å². The van der Waals surface area contributed by atoms with E-state index in [1.165, 1.54) is 6.08 Å². The van der Waals surface area contributed by atoms with Crippen molar-refractivity contribution in [1.82, 2.24) is 0 Å². The highest BCUT2D eigenvalue weighted by atomic mass is 16.7. The summed E-state index contributed by atoms with van der Waals surface area (Å²) >= 11 is 0. The molecular weight excluding hydrogens is 604 g/mol. The van der Waals surface area contributed by atoms with Crippen LogP contribution in [0.1, 0.15) is 79.6 Å². The Morgan fingerprint density at radius 3 is 2.24 bits per heavy atom. The Hall–Kier alpha value is -1.07. The summed E-state index contributed by atoms with van der Waals surface area (Å²) in [5.74, 6) is -2.26. The Labute approximate surface area is 269 Å². The first kappa shape index (κ1) is 36.2. The fourth-order valence-electron chi connectivity index (χ4n) is 9.82. The van der Waals surface area contributed by atoms with Gasteiger partial charge in [-0.05, 0) is 89.2 Å². The molecule has 0 radical (unpaired) electrons. The first-order valence-corrected chi connectivity index (χ1v) is 16.6. The summed E-state index contributed by atoms with van der Waals surface area (Å²) in [7, 11) is 0. The number of aliphatic hydroxyl groups excluding tert-OH is 7. The molecule has 264 valence electrons. The number of carbonyl (C=O) groups is 1. The lowest BCUT2D eigenvalue weighted by Crippen LogP contribution is -2.68. The molecule has 0 spiro atoms. The lowest BCUT2D eigenvalue weighted by molar-refractivity contribution is -0.328. The molecule has 5 aliphatic rings. The molecule has 0 aromatic carbocycles. The minimum Gasteiger partial charge on any atom is -0.394 e. The van der Waals surface area contributed by atoms with E-state index in [2.05, 4.69) is 0 Å². The van der Waals surface area contributed by atoms with Crippen molar-refractivity contribution < 1.29 is 65.3 Å². The van der Waals surface area contributed by atoms with Crippen LogP contribution < -0.4 is 0 Å². The molecule has 13 nitrogen and oxygen atoms in total. The molecule has 0 aromatic heterocycles. The van der Waals surface area contributed by atoms with E-state index in [1.807, 2.05) is 6.92 Å². The van der Waals surface area contributed by atoms with Gasteiger partial charge in [0.25, 0.3) is 0 Å². The summed E-state index contributed by atoms with van der Waals surface area (Å²) in [6.07, 6.45) is -10.0. The van der Waals surface area contributed by atoms with Crippen molar-refractivity contribution in [2.45, 2.75) is 151 Å².